The van der Waals surface area contributed by atoms with Crippen molar-refractivity contribution in [1.29, 1.82) is 0 Å². The molecule has 80 valence electrons. The molecule has 5 heteroatoms. The van der Waals surface area contributed by atoms with Gasteiger partial charge in [-0.05, 0) is 0 Å². The molecule has 1 rings (SSSR count). The van der Waals surface area contributed by atoms with Crippen molar-refractivity contribution in [1.82, 2.24) is 0 Å². The van der Waals surface area contributed by atoms with Gasteiger partial charge in [0.25, 0.3) is 0 Å². The normalized spacial score (nSPS) is 25.0. The van der Waals surface area contributed by atoms with Crippen molar-refractivity contribution in [2.45, 2.75) is 25.9 Å². The van der Waals surface area contributed by atoms with Gasteiger partial charge in [-0.1, -0.05) is 0 Å². The van der Waals surface area contributed by atoms with E-state index in [1.165, 1.54) is 7.11 Å². The molecule has 0 aromatic carbocycles. The fourth-order valence-electron chi connectivity index (χ4n) is 1.30. The topological polar surface area (TPSA) is 47.9 Å². The Bertz CT molecular complexity index is 143. The molecule has 0 unspecified atom stereocenters. The van der Waals surface area contributed by atoms with E-state index >= 15 is 0 Å². The summed E-state index contributed by atoms with van der Waals surface area (Å²) in [6, 6.07) is 0. The number of hydrogen-bond acceptors (Lipinski definition) is 4. The first-order valence-electron chi connectivity index (χ1n) is 4.73. The second-order valence-corrected chi connectivity index (χ2v) is 6.05. The maximum absolute atomic E-state index is 9.73. The molecule has 1 aliphatic heterocycles. The molecular formula is C8H19O4P. The summed E-state index contributed by atoms with van der Waals surface area (Å²) in [4.78, 5) is 9.73. The van der Waals surface area contributed by atoms with Crippen molar-refractivity contribution in [3.05, 3.63) is 0 Å². The molecule has 1 saturated heterocycles. The zero-order valence-corrected chi connectivity index (χ0v) is 9.28. The van der Waals surface area contributed by atoms with Crippen molar-refractivity contribution >= 4 is 7.94 Å². The summed E-state index contributed by atoms with van der Waals surface area (Å²) in [6.07, 6.45) is 2.82. The fourth-order valence-corrected chi connectivity index (χ4v) is 2.36. The zero-order valence-electron chi connectivity index (χ0n) is 8.28. The van der Waals surface area contributed by atoms with Crippen LogP contribution in [0.25, 0.3) is 0 Å². The Labute approximate surface area is 79.8 Å². The quantitative estimate of drug-likeness (QED) is 0.695. The SMILES string of the molecule is CC[PH](O)(OC)OC[C@@H]1CCCO1. The standard InChI is InChI=1S/C8H19O4P/c1-3-13(9,10-2)12-7-8-5-4-6-11-8/h8-9,13H,3-7H2,1-2H3/t8-/m0/s1. The maximum atomic E-state index is 9.73. The predicted octanol–water partition coefficient (Wildman–Crippen LogP) is 1.34. The molecule has 0 spiro atoms. The second-order valence-electron chi connectivity index (χ2n) is 3.22. The van der Waals surface area contributed by atoms with E-state index < -0.39 is 7.94 Å². The van der Waals surface area contributed by atoms with Crippen molar-refractivity contribution in [3.63, 3.8) is 0 Å². The Morgan fingerprint density at radius 3 is 2.85 bits per heavy atom. The van der Waals surface area contributed by atoms with Crippen LogP contribution in [0.3, 0.4) is 0 Å². The van der Waals surface area contributed by atoms with Crippen molar-refractivity contribution in [2.24, 2.45) is 0 Å². The van der Waals surface area contributed by atoms with Crippen LogP contribution < -0.4 is 0 Å². The minimum absolute atomic E-state index is 0.153. The summed E-state index contributed by atoms with van der Waals surface area (Å²) in [7, 11) is -1.35. The van der Waals surface area contributed by atoms with Crippen molar-refractivity contribution in [2.75, 3.05) is 26.5 Å². The van der Waals surface area contributed by atoms with Gasteiger partial charge in [-0.25, -0.2) is 0 Å². The van der Waals surface area contributed by atoms with E-state index in [9.17, 15) is 4.89 Å². The van der Waals surface area contributed by atoms with E-state index in [0.29, 0.717) is 12.8 Å². The monoisotopic (exact) mass is 210 g/mol. The third kappa shape index (κ3) is 3.49. The van der Waals surface area contributed by atoms with Gasteiger partial charge in [0.2, 0.25) is 0 Å². The molecule has 0 bridgehead atoms. The van der Waals surface area contributed by atoms with E-state index in [1.807, 2.05) is 6.92 Å². The predicted molar refractivity (Wildman–Crippen MR) is 53.0 cm³/mol. The van der Waals surface area contributed by atoms with Gasteiger partial charge < -0.3 is 0 Å². The Kier molecular flexibility index (Phi) is 4.56. The zero-order chi connectivity index (χ0) is 9.73. The van der Waals surface area contributed by atoms with E-state index in [4.69, 9.17) is 13.8 Å². The fraction of sp³-hybridized carbons (Fsp3) is 1.00. The second kappa shape index (κ2) is 5.23. The first-order chi connectivity index (χ1) is 6.20. The number of ether oxygens (including phenoxy) is 1. The Morgan fingerprint density at radius 2 is 2.38 bits per heavy atom. The van der Waals surface area contributed by atoms with Crippen LogP contribution in [0.2, 0.25) is 0 Å². The van der Waals surface area contributed by atoms with Crippen LogP contribution in [-0.4, -0.2) is 37.5 Å². The first-order valence-corrected chi connectivity index (χ1v) is 6.70. The molecule has 0 saturated carbocycles. The summed E-state index contributed by atoms with van der Waals surface area (Å²) >= 11 is 0. The minimum atomic E-state index is -2.84. The molecule has 1 heterocycles. The van der Waals surface area contributed by atoms with Gasteiger partial charge >= 0.3 is 79.0 Å². The summed E-state index contributed by atoms with van der Waals surface area (Å²) in [5.74, 6) is 0. The molecule has 13 heavy (non-hydrogen) atoms. The molecule has 1 aliphatic rings. The van der Waals surface area contributed by atoms with Gasteiger partial charge in [-0.3, -0.25) is 0 Å². The number of hydrogen-bond donors (Lipinski definition) is 1. The molecule has 1 N–H and O–H groups in total. The number of rotatable bonds is 5. The third-order valence-electron chi connectivity index (χ3n) is 2.28. The van der Waals surface area contributed by atoms with Crippen LogP contribution >= 0.6 is 7.94 Å². The summed E-state index contributed by atoms with van der Waals surface area (Å²) in [5.41, 5.74) is 0. The van der Waals surface area contributed by atoms with Gasteiger partial charge in [0.05, 0.1) is 0 Å². The molecule has 0 aliphatic carbocycles. The van der Waals surface area contributed by atoms with E-state index in [1.54, 1.807) is 0 Å². The molecule has 4 nitrogen and oxygen atoms in total. The average Bonchev–Trinajstić information content (AvgIpc) is 2.67. The van der Waals surface area contributed by atoms with Gasteiger partial charge in [-0.15, -0.1) is 0 Å². The van der Waals surface area contributed by atoms with Gasteiger partial charge in [0, 0.05) is 0 Å². The summed E-state index contributed by atoms with van der Waals surface area (Å²) in [6.45, 7) is 3.14. The van der Waals surface area contributed by atoms with E-state index in [2.05, 4.69) is 0 Å². The van der Waals surface area contributed by atoms with Crippen LogP contribution in [-0.2, 0) is 13.8 Å². The molecule has 1 fully saturated rings. The van der Waals surface area contributed by atoms with Crippen LogP contribution in [0, 0.1) is 0 Å². The Balaban J connectivity index is 2.22. The van der Waals surface area contributed by atoms with Crippen LogP contribution in [0.1, 0.15) is 19.8 Å². The van der Waals surface area contributed by atoms with Crippen LogP contribution in [0.15, 0.2) is 0 Å². The van der Waals surface area contributed by atoms with Gasteiger partial charge in [0.15, 0.2) is 0 Å². The van der Waals surface area contributed by atoms with Crippen molar-refractivity contribution in [3.8, 4) is 0 Å². The molecule has 0 aromatic heterocycles. The van der Waals surface area contributed by atoms with Gasteiger partial charge in [-0.2, -0.15) is 0 Å². The first kappa shape index (κ1) is 11.3. The summed E-state index contributed by atoms with van der Waals surface area (Å²) < 4.78 is 15.7. The van der Waals surface area contributed by atoms with E-state index in [-0.39, 0.29) is 6.10 Å². The van der Waals surface area contributed by atoms with Crippen LogP contribution in [0.5, 0.6) is 0 Å². The molecule has 0 aromatic rings. The van der Waals surface area contributed by atoms with Crippen LogP contribution in [0.4, 0.5) is 0 Å². The van der Waals surface area contributed by atoms with Gasteiger partial charge in [0.1, 0.15) is 0 Å². The summed E-state index contributed by atoms with van der Waals surface area (Å²) in [5, 5.41) is 0. The Morgan fingerprint density at radius 1 is 1.62 bits per heavy atom. The molecule has 0 amide bonds. The third-order valence-corrected chi connectivity index (χ3v) is 4.43. The molecule has 1 atom stereocenters. The molecule has 0 radical (unpaired) electrons. The van der Waals surface area contributed by atoms with Crippen molar-refractivity contribution < 1.29 is 18.7 Å². The Hall–Kier alpha value is 0.270. The van der Waals surface area contributed by atoms with E-state index in [0.717, 1.165) is 19.4 Å². The average molecular weight is 210 g/mol. The molecular weight excluding hydrogens is 191 g/mol.